The molecular formula is C26H20F5NO. The molecule has 170 valence electrons. The van der Waals surface area contributed by atoms with Gasteiger partial charge in [-0.15, -0.1) is 0 Å². The van der Waals surface area contributed by atoms with Crippen LogP contribution in [0.4, 0.5) is 22.0 Å². The van der Waals surface area contributed by atoms with Crippen LogP contribution in [0, 0.1) is 11.6 Å². The topological polar surface area (TPSA) is 22.1 Å². The highest BCUT2D eigenvalue weighted by atomic mass is 19.4. The molecule has 4 aromatic rings. The van der Waals surface area contributed by atoms with E-state index < -0.39 is 23.4 Å². The molecule has 0 saturated heterocycles. The van der Waals surface area contributed by atoms with E-state index in [2.05, 4.69) is 4.98 Å². The maximum atomic E-state index is 15.1. The van der Waals surface area contributed by atoms with E-state index in [1.165, 1.54) is 6.07 Å². The van der Waals surface area contributed by atoms with Crippen LogP contribution >= 0.6 is 0 Å². The standard InChI is InChI=1S/C26H20F5NO/c1-2-33-20-9-12-24(32-15-20)19-8-10-21-18(14-19)7-6-17(25(21)28)5-3-16-4-11-22(23(27)13-16)26(29,30)31/h4,6-15H,2-3,5H2,1H3. The van der Waals surface area contributed by atoms with E-state index in [9.17, 15) is 17.6 Å². The normalized spacial score (nSPS) is 11.7. The molecule has 0 unspecified atom stereocenters. The fourth-order valence-electron chi connectivity index (χ4n) is 3.72. The van der Waals surface area contributed by atoms with Crippen molar-refractivity contribution < 1.29 is 26.7 Å². The van der Waals surface area contributed by atoms with Gasteiger partial charge in [0.1, 0.15) is 17.4 Å². The second-order valence-electron chi connectivity index (χ2n) is 7.60. The number of aromatic nitrogens is 1. The summed E-state index contributed by atoms with van der Waals surface area (Å²) in [5.41, 5.74) is 1.04. The molecule has 0 aliphatic rings. The van der Waals surface area contributed by atoms with Crippen molar-refractivity contribution in [2.24, 2.45) is 0 Å². The summed E-state index contributed by atoms with van der Waals surface area (Å²) in [7, 11) is 0. The average Bonchev–Trinajstić information content (AvgIpc) is 2.78. The molecule has 0 amide bonds. The maximum Gasteiger partial charge on any atom is 0.419 e. The van der Waals surface area contributed by atoms with E-state index in [0.717, 1.165) is 23.4 Å². The summed E-state index contributed by atoms with van der Waals surface area (Å²) in [5.74, 6) is -1.05. The molecule has 0 atom stereocenters. The van der Waals surface area contributed by atoms with Gasteiger partial charge >= 0.3 is 6.18 Å². The third-order valence-electron chi connectivity index (χ3n) is 5.40. The van der Waals surface area contributed by atoms with Crippen LogP contribution in [0.2, 0.25) is 0 Å². The lowest BCUT2D eigenvalue weighted by molar-refractivity contribution is -0.140. The van der Waals surface area contributed by atoms with Gasteiger partial charge in [0.15, 0.2) is 0 Å². The predicted molar refractivity (Wildman–Crippen MR) is 117 cm³/mol. The largest absolute Gasteiger partial charge is 0.492 e. The number of alkyl halides is 3. The number of aryl methyl sites for hydroxylation is 2. The van der Waals surface area contributed by atoms with Crippen molar-refractivity contribution in [1.29, 1.82) is 0 Å². The zero-order chi connectivity index (χ0) is 23.6. The molecule has 0 bridgehead atoms. The van der Waals surface area contributed by atoms with Crippen LogP contribution < -0.4 is 4.74 Å². The quantitative estimate of drug-likeness (QED) is 0.282. The molecule has 33 heavy (non-hydrogen) atoms. The van der Waals surface area contributed by atoms with Gasteiger partial charge in [-0.1, -0.05) is 30.3 Å². The minimum atomic E-state index is -4.74. The molecule has 1 heterocycles. The van der Waals surface area contributed by atoms with Crippen LogP contribution in [0.3, 0.4) is 0 Å². The second-order valence-corrected chi connectivity index (χ2v) is 7.60. The monoisotopic (exact) mass is 457 g/mol. The number of nitrogens with zero attached hydrogens (tertiary/aromatic N) is 1. The third kappa shape index (κ3) is 4.97. The van der Waals surface area contributed by atoms with Crippen LogP contribution in [0.15, 0.2) is 66.9 Å². The number of hydrogen-bond donors (Lipinski definition) is 0. The fourth-order valence-corrected chi connectivity index (χ4v) is 3.72. The first-order chi connectivity index (χ1) is 15.8. The molecule has 0 spiro atoms. The van der Waals surface area contributed by atoms with Gasteiger partial charge in [-0.25, -0.2) is 8.78 Å². The molecule has 0 fully saturated rings. The summed E-state index contributed by atoms with van der Waals surface area (Å²) in [6, 6.07) is 15.2. The molecule has 0 radical (unpaired) electrons. The Balaban J connectivity index is 1.53. The van der Waals surface area contributed by atoms with Crippen molar-refractivity contribution in [1.82, 2.24) is 4.98 Å². The van der Waals surface area contributed by atoms with Crippen LogP contribution in [0.25, 0.3) is 22.0 Å². The lowest BCUT2D eigenvalue weighted by atomic mass is 9.98. The zero-order valence-corrected chi connectivity index (χ0v) is 17.7. The number of benzene rings is 3. The van der Waals surface area contributed by atoms with E-state index in [4.69, 9.17) is 4.74 Å². The maximum absolute atomic E-state index is 15.1. The summed E-state index contributed by atoms with van der Waals surface area (Å²) < 4.78 is 72.4. The summed E-state index contributed by atoms with van der Waals surface area (Å²) in [6.07, 6.45) is -2.66. The SMILES string of the molecule is CCOc1ccc(-c2ccc3c(F)c(CCc4ccc(C(F)(F)F)c(F)c4)ccc3c2)nc1. The van der Waals surface area contributed by atoms with E-state index in [1.807, 2.05) is 25.1 Å². The molecular weight excluding hydrogens is 437 g/mol. The van der Waals surface area contributed by atoms with Gasteiger partial charge < -0.3 is 4.74 Å². The van der Waals surface area contributed by atoms with Crippen molar-refractivity contribution in [2.75, 3.05) is 6.61 Å². The number of hydrogen-bond acceptors (Lipinski definition) is 2. The first-order valence-electron chi connectivity index (χ1n) is 10.4. The minimum absolute atomic E-state index is 0.214. The Hall–Kier alpha value is -3.48. The Kier molecular flexibility index (Phi) is 6.31. The van der Waals surface area contributed by atoms with E-state index in [1.54, 1.807) is 30.5 Å². The number of fused-ring (bicyclic) bond motifs is 1. The Morgan fingerprint density at radius 1 is 0.879 bits per heavy atom. The van der Waals surface area contributed by atoms with Gasteiger partial charge in [0, 0.05) is 10.9 Å². The molecule has 7 heteroatoms. The molecule has 3 aromatic carbocycles. The van der Waals surface area contributed by atoms with Crippen LogP contribution in [-0.2, 0) is 19.0 Å². The van der Waals surface area contributed by atoms with E-state index in [-0.39, 0.29) is 12.8 Å². The molecule has 0 aliphatic heterocycles. The second kappa shape index (κ2) is 9.17. The molecule has 2 nitrogen and oxygen atoms in total. The van der Waals surface area contributed by atoms with E-state index in [0.29, 0.717) is 34.3 Å². The fraction of sp³-hybridized carbons (Fsp3) is 0.192. The Bertz CT molecular complexity index is 1280. The highest BCUT2D eigenvalue weighted by molar-refractivity contribution is 5.88. The first kappa shape index (κ1) is 22.7. The molecule has 0 N–H and O–H groups in total. The van der Waals surface area contributed by atoms with Gasteiger partial charge in [-0.3, -0.25) is 4.98 Å². The predicted octanol–water partition coefficient (Wildman–Crippen LogP) is 7.38. The lowest BCUT2D eigenvalue weighted by Gasteiger charge is -2.11. The summed E-state index contributed by atoms with van der Waals surface area (Å²) in [4.78, 5) is 4.39. The molecule has 0 aliphatic carbocycles. The first-order valence-corrected chi connectivity index (χ1v) is 10.4. The number of pyridine rings is 1. The third-order valence-corrected chi connectivity index (χ3v) is 5.40. The van der Waals surface area contributed by atoms with Gasteiger partial charge in [-0.05, 0) is 66.6 Å². The Morgan fingerprint density at radius 2 is 1.70 bits per heavy atom. The number of ether oxygens (including phenoxy) is 1. The number of rotatable bonds is 6. The van der Waals surface area contributed by atoms with Crippen molar-refractivity contribution >= 4 is 10.8 Å². The number of halogens is 5. The highest BCUT2D eigenvalue weighted by Gasteiger charge is 2.33. The minimum Gasteiger partial charge on any atom is -0.492 e. The molecule has 4 rings (SSSR count). The average molecular weight is 457 g/mol. The Labute approximate surface area is 187 Å². The zero-order valence-electron chi connectivity index (χ0n) is 17.7. The lowest BCUT2D eigenvalue weighted by Crippen LogP contribution is -2.08. The Morgan fingerprint density at radius 3 is 2.36 bits per heavy atom. The molecule has 0 saturated carbocycles. The van der Waals surface area contributed by atoms with Crippen molar-refractivity contribution in [3.8, 4) is 17.0 Å². The van der Waals surface area contributed by atoms with Crippen molar-refractivity contribution in [3.05, 3.63) is 95.2 Å². The molecule has 1 aromatic heterocycles. The van der Waals surface area contributed by atoms with Crippen molar-refractivity contribution in [2.45, 2.75) is 25.9 Å². The van der Waals surface area contributed by atoms with Gasteiger partial charge in [-0.2, -0.15) is 13.2 Å². The summed E-state index contributed by atoms with van der Waals surface area (Å²) in [6.45, 7) is 2.44. The van der Waals surface area contributed by atoms with Crippen LogP contribution in [0.1, 0.15) is 23.6 Å². The summed E-state index contributed by atoms with van der Waals surface area (Å²) >= 11 is 0. The van der Waals surface area contributed by atoms with E-state index >= 15 is 4.39 Å². The van der Waals surface area contributed by atoms with Gasteiger partial charge in [0.25, 0.3) is 0 Å². The van der Waals surface area contributed by atoms with Gasteiger partial charge in [0.05, 0.1) is 24.1 Å². The smallest absolute Gasteiger partial charge is 0.419 e. The van der Waals surface area contributed by atoms with Crippen molar-refractivity contribution in [3.63, 3.8) is 0 Å². The van der Waals surface area contributed by atoms with Gasteiger partial charge in [0.2, 0.25) is 0 Å². The summed E-state index contributed by atoms with van der Waals surface area (Å²) in [5, 5.41) is 1.13. The van der Waals surface area contributed by atoms with Crippen LogP contribution in [0.5, 0.6) is 5.75 Å². The van der Waals surface area contributed by atoms with Crippen LogP contribution in [-0.4, -0.2) is 11.6 Å². The highest BCUT2D eigenvalue weighted by Crippen LogP contribution is 2.32.